The molecule has 0 bridgehead atoms. The molecule has 1 aromatic heterocycles. The van der Waals surface area contributed by atoms with Crippen LogP contribution in [0.4, 0.5) is 0 Å². The fourth-order valence-electron chi connectivity index (χ4n) is 4.05. The van der Waals surface area contributed by atoms with Crippen LogP contribution >= 0.6 is 0 Å². The highest BCUT2D eigenvalue weighted by Gasteiger charge is 2.26. The van der Waals surface area contributed by atoms with Crippen molar-refractivity contribution in [3.05, 3.63) is 75.1 Å². The van der Waals surface area contributed by atoms with Crippen LogP contribution in [0.1, 0.15) is 41.1 Å². The number of hydrogen-bond donors (Lipinski definition) is 0. The SMILES string of the molecule is COc1ccc([C@@H]2CCCN2Cc2cc(=O)oc3cc(C)c(C)cc23)cc1. The molecule has 4 heteroatoms. The summed E-state index contributed by atoms with van der Waals surface area (Å²) in [6.07, 6.45) is 2.29. The quantitative estimate of drug-likeness (QED) is 0.627. The van der Waals surface area contributed by atoms with Gasteiger partial charge >= 0.3 is 5.63 Å². The maximum absolute atomic E-state index is 12.1. The van der Waals surface area contributed by atoms with E-state index in [-0.39, 0.29) is 5.63 Å². The number of rotatable bonds is 4. The molecule has 0 N–H and O–H groups in total. The van der Waals surface area contributed by atoms with Crippen LogP contribution in [0, 0.1) is 13.8 Å². The topological polar surface area (TPSA) is 42.7 Å². The standard InChI is InChI=1S/C23H25NO3/c1-15-11-20-18(13-23(25)27-22(20)12-16(15)2)14-24-10-4-5-21(24)17-6-8-19(26-3)9-7-17/h6-9,11-13,21H,4-5,10,14H2,1-3H3/t21-/m0/s1. The fourth-order valence-corrected chi connectivity index (χ4v) is 4.05. The number of nitrogens with zero attached hydrogens (tertiary/aromatic N) is 1. The monoisotopic (exact) mass is 363 g/mol. The molecule has 2 aromatic carbocycles. The van der Waals surface area contributed by atoms with Gasteiger partial charge in [0.1, 0.15) is 11.3 Å². The van der Waals surface area contributed by atoms with E-state index in [1.54, 1.807) is 13.2 Å². The predicted octanol–water partition coefficient (Wildman–Crippen LogP) is 4.76. The zero-order valence-electron chi connectivity index (χ0n) is 16.1. The van der Waals surface area contributed by atoms with Crippen molar-refractivity contribution in [2.75, 3.05) is 13.7 Å². The molecular weight excluding hydrogens is 338 g/mol. The Hall–Kier alpha value is -2.59. The van der Waals surface area contributed by atoms with Crippen LogP contribution in [0.3, 0.4) is 0 Å². The fraction of sp³-hybridized carbons (Fsp3) is 0.348. The number of hydrogen-bond acceptors (Lipinski definition) is 4. The van der Waals surface area contributed by atoms with Gasteiger partial charge < -0.3 is 9.15 Å². The van der Waals surface area contributed by atoms with Crippen LogP contribution in [-0.4, -0.2) is 18.6 Å². The molecule has 0 aliphatic carbocycles. The zero-order chi connectivity index (χ0) is 19.0. The highest BCUT2D eigenvalue weighted by molar-refractivity contribution is 5.81. The van der Waals surface area contributed by atoms with Gasteiger partial charge in [-0.3, -0.25) is 4.90 Å². The molecule has 0 spiro atoms. The number of benzene rings is 2. The third-order valence-electron chi connectivity index (χ3n) is 5.68. The van der Waals surface area contributed by atoms with Crippen LogP contribution in [-0.2, 0) is 6.54 Å². The Morgan fingerprint density at radius 2 is 1.85 bits per heavy atom. The van der Waals surface area contributed by atoms with Gasteiger partial charge in [-0.15, -0.1) is 0 Å². The lowest BCUT2D eigenvalue weighted by Gasteiger charge is -2.25. The highest BCUT2D eigenvalue weighted by atomic mass is 16.5. The number of aryl methyl sites for hydroxylation is 2. The maximum atomic E-state index is 12.1. The van der Waals surface area contributed by atoms with Gasteiger partial charge in [0.15, 0.2) is 0 Å². The molecule has 1 saturated heterocycles. The molecule has 0 radical (unpaired) electrons. The smallest absolute Gasteiger partial charge is 0.336 e. The second-order valence-corrected chi connectivity index (χ2v) is 7.42. The summed E-state index contributed by atoms with van der Waals surface area (Å²) in [5.74, 6) is 0.876. The van der Waals surface area contributed by atoms with E-state index in [1.165, 1.54) is 11.1 Å². The van der Waals surface area contributed by atoms with E-state index in [0.29, 0.717) is 11.6 Å². The van der Waals surface area contributed by atoms with E-state index in [9.17, 15) is 4.79 Å². The van der Waals surface area contributed by atoms with Gasteiger partial charge in [0, 0.05) is 24.0 Å². The molecule has 1 fully saturated rings. The largest absolute Gasteiger partial charge is 0.497 e. The van der Waals surface area contributed by atoms with Crippen molar-refractivity contribution in [2.24, 2.45) is 0 Å². The van der Waals surface area contributed by atoms with Crippen molar-refractivity contribution in [1.29, 1.82) is 0 Å². The molecule has 1 aliphatic heterocycles. The Kier molecular flexibility index (Phi) is 4.75. The maximum Gasteiger partial charge on any atom is 0.336 e. The molecule has 4 nitrogen and oxygen atoms in total. The van der Waals surface area contributed by atoms with Gasteiger partial charge in [0.25, 0.3) is 0 Å². The van der Waals surface area contributed by atoms with Crippen LogP contribution in [0.15, 0.2) is 51.7 Å². The first-order chi connectivity index (χ1) is 13.0. The molecule has 1 aliphatic rings. The lowest BCUT2D eigenvalue weighted by atomic mass is 10.0. The van der Waals surface area contributed by atoms with Gasteiger partial charge in [0.05, 0.1) is 7.11 Å². The highest BCUT2D eigenvalue weighted by Crippen LogP contribution is 2.35. The molecule has 2 heterocycles. The van der Waals surface area contributed by atoms with E-state index in [1.807, 2.05) is 25.1 Å². The Morgan fingerprint density at radius 1 is 1.11 bits per heavy atom. The molecule has 140 valence electrons. The first-order valence-corrected chi connectivity index (χ1v) is 9.47. The second kappa shape index (κ2) is 7.20. The van der Waals surface area contributed by atoms with Crippen molar-refractivity contribution >= 4 is 11.0 Å². The van der Waals surface area contributed by atoms with Crippen LogP contribution in [0.5, 0.6) is 5.75 Å². The molecular formula is C23H25NO3. The summed E-state index contributed by atoms with van der Waals surface area (Å²) < 4.78 is 10.7. The molecule has 3 aromatic rings. The van der Waals surface area contributed by atoms with Crippen LogP contribution in [0.2, 0.25) is 0 Å². The summed E-state index contributed by atoms with van der Waals surface area (Å²) >= 11 is 0. The third-order valence-corrected chi connectivity index (χ3v) is 5.68. The second-order valence-electron chi connectivity index (χ2n) is 7.42. The third kappa shape index (κ3) is 3.50. The number of methoxy groups -OCH3 is 1. The van der Waals surface area contributed by atoms with Crippen molar-refractivity contribution in [2.45, 2.75) is 39.3 Å². The van der Waals surface area contributed by atoms with Gasteiger partial charge in [-0.05, 0) is 79.8 Å². The Bertz CT molecular complexity index is 1020. The molecule has 0 unspecified atom stereocenters. The number of likely N-dealkylation sites (tertiary alicyclic amines) is 1. The zero-order valence-corrected chi connectivity index (χ0v) is 16.1. The summed E-state index contributed by atoms with van der Waals surface area (Å²) in [6.45, 7) is 5.92. The van der Waals surface area contributed by atoms with E-state index in [0.717, 1.165) is 48.2 Å². The minimum absolute atomic E-state index is 0.277. The summed E-state index contributed by atoms with van der Waals surface area (Å²) in [5.41, 5.74) is 5.10. The Balaban J connectivity index is 1.68. The molecule has 27 heavy (non-hydrogen) atoms. The predicted molar refractivity (Wildman–Crippen MR) is 107 cm³/mol. The lowest BCUT2D eigenvalue weighted by Crippen LogP contribution is -2.23. The first-order valence-electron chi connectivity index (χ1n) is 9.47. The van der Waals surface area contributed by atoms with Gasteiger partial charge in [0.2, 0.25) is 0 Å². The van der Waals surface area contributed by atoms with Crippen molar-refractivity contribution < 1.29 is 9.15 Å². The number of fused-ring (bicyclic) bond motifs is 1. The molecule has 4 rings (SSSR count). The minimum Gasteiger partial charge on any atom is -0.497 e. The Morgan fingerprint density at radius 3 is 2.59 bits per heavy atom. The van der Waals surface area contributed by atoms with Gasteiger partial charge in [-0.2, -0.15) is 0 Å². The average Bonchev–Trinajstić information content (AvgIpc) is 3.11. The van der Waals surface area contributed by atoms with Crippen LogP contribution in [0.25, 0.3) is 11.0 Å². The van der Waals surface area contributed by atoms with E-state index in [2.05, 4.69) is 30.0 Å². The van der Waals surface area contributed by atoms with E-state index in [4.69, 9.17) is 9.15 Å². The van der Waals surface area contributed by atoms with E-state index < -0.39 is 0 Å². The molecule has 0 saturated carbocycles. The normalized spacial score (nSPS) is 17.5. The summed E-state index contributed by atoms with van der Waals surface area (Å²) in [5, 5.41) is 1.04. The average molecular weight is 363 g/mol. The van der Waals surface area contributed by atoms with E-state index >= 15 is 0 Å². The van der Waals surface area contributed by atoms with Crippen molar-refractivity contribution in [3.8, 4) is 5.75 Å². The number of ether oxygens (including phenoxy) is 1. The lowest BCUT2D eigenvalue weighted by molar-refractivity contribution is 0.249. The minimum atomic E-state index is -0.277. The van der Waals surface area contributed by atoms with Crippen molar-refractivity contribution in [3.63, 3.8) is 0 Å². The summed E-state index contributed by atoms with van der Waals surface area (Å²) in [4.78, 5) is 14.6. The van der Waals surface area contributed by atoms with Gasteiger partial charge in [-0.1, -0.05) is 12.1 Å². The summed E-state index contributed by atoms with van der Waals surface area (Å²) in [6, 6.07) is 14.5. The summed E-state index contributed by atoms with van der Waals surface area (Å²) in [7, 11) is 1.69. The molecule has 0 amide bonds. The van der Waals surface area contributed by atoms with Crippen LogP contribution < -0.4 is 10.4 Å². The van der Waals surface area contributed by atoms with Gasteiger partial charge in [-0.25, -0.2) is 4.79 Å². The Labute approximate surface area is 159 Å². The molecule has 1 atom stereocenters. The first kappa shape index (κ1) is 17.8. The van der Waals surface area contributed by atoms with Crippen molar-refractivity contribution in [1.82, 2.24) is 4.90 Å².